The van der Waals surface area contributed by atoms with Gasteiger partial charge in [0, 0.05) is 18.6 Å². The van der Waals surface area contributed by atoms with Crippen LogP contribution in [0.4, 0.5) is 0 Å². The van der Waals surface area contributed by atoms with Gasteiger partial charge in [-0.05, 0) is 39.3 Å². The van der Waals surface area contributed by atoms with Crippen molar-refractivity contribution in [3.63, 3.8) is 0 Å². The van der Waals surface area contributed by atoms with Crippen LogP contribution in [-0.2, 0) is 4.79 Å². The Morgan fingerprint density at radius 3 is 2.47 bits per heavy atom. The molecule has 4 heteroatoms. The average molecular weight is 240 g/mol. The van der Waals surface area contributed by atoms with E-state index < -0.39 is 5.97 Å². The molecule has 4 nitrogen and oxygen atoms in total. The van der Waals surface area contributed by atoms with Gasteiger partial charge < -0.3 is 10.0 Å². The number of hydrogen-bond donors (Lipinski definition) is 1. The van der Waals surface area contributed by atoms with Gasteiger partial charge in [-0.25, -0.2) is 0 Å². The fraction of sp³-hybridized carbons (Fsp3) is 0.923. The van der Waals surface area contributed by atoms with Gasteiger partial charge >= 0.3 is 5.97 Å². The van der Waals surface area contributed by atoms with Crippen LogP contribution in [0.3, 0.4) is 0 Å². The quantitative estimate of drug-likeness (QED) is 0.807. The molecule has 2 fully saturated rings. The highest BCUT2D eigenvalue weighted by atomic mass is 16.4. The minimum atomic E-state index is -0.676. The minimum Gasteiger partial charge on any atom is -0.480 e. The highest BCUT2D eigenvalue weighted by Crippen LogP contribution is 2.27. The lowest BCUT2D eigenvalue weighted by atomic mass is 10.0. The Bertz CT molecular complexity index is 264. The van der Waals surface area contributed by atoms with Crippen molar-refractivity contribution in [2.75, 3.05) is 26.7 Å². The summed E-state index contributed by atoms with van der Waals surface area (Å²) in [4.78, 5) is 15.6. The smallest absolute Gasteiger partial charge is 0.317 e. The molecule has 1 saturated heterocycles. The molecule has 1 aliphatic heterocycles. The van der Waals surface area contributed by atoms with E-state index in [4.69, 9.17) is 5.11 Å². The van der Waals surface area contributed by atoms with Gasteiger partial charge in [-0.3, -0.25) is 9.69 Å². The lowest BCUT2D eigenvalue weighted by Crippen LogP contribution is -2.51. The molecule has 0 spiro atoms. The second-order valence-electron chi connectivity index (χ2n) is 5.56. The molecule has 1 atom stereocenters. The van der Waals surface area contributed by atoms with Gasteiger partial charge in [-0.1, -0.05) is 12.8 Å². The first-order chi connectivity index (χ1) is 8.16. The molecule has 98 valence electrons. The van der Waals surface area contributed by atoms with Crippen molar-refractivity contribution in [3.8, 4) is 0 Å². The molecular weight excluding hydrogens is 216 g/mol. The highest BCUT2D eigenvalue weighted by molar-refractivity contribution is 5.69. The number of hydrogen-bond acceptors (Lipinski definition) is 3. The van der Waals surface area contributed by atoms with Gasteiger partial charge in [0.15, 0.2) is 0 Å². The van der Waals surface area contributed by atoms with Gasteiger partial charge in [0.25, 0.3) is 0 Å². The van der Waals surface area contributed by atoms with E-state index in [0.29, 0.717) is 12.1 Å². The van der Waals surface area contributed by atoms with Crippen LogP contribution in [0.1, 0.15) is 38.5 Å². The van der Waals surface area contributed by atoms with E-state index >= 15 is 0 Å². The highest BCUT2D eigenvalue weighted by Gasteiger charge is 2.32. The van der Waals surface area contributed by atoms with E-state index in [1.165, 1.54) is 32.1 Å². The van der Waals surface area contributed by atoms with E-state index in [2.05, 4.69) is 16.8 Å². The van der Waals surface area contributed by atoms with Crippen LogP contribution in [0.2, 0.25) is 0 Å². The number of piperidine rings is 1. The zero-order valence-corrected chi connectivity index (χ0v) is 10.8. The average Bonchev–Trinajstić information content (AvgIpc) is 2.79. The predicted octanol–water partition coefficient (Wildman–Crippen LogP) is 1.41. The van der Waals surface area contributed by atoms with Crippen LogP contribution in [0.25, 0.3) is 0 Å². The summed E-state index contributed by atoms with van der Waals surface area (Å²) >= 11 is 0. The Hall–Kier alpha value is -0.610. The Labute approximate surface area is 104 Å². The van der Waals surface area contributed by atoms with E-state index in [1.807, 2.05) is 0 Å². The maximum Gasteiger partial charge on any atom is 0.317 e. The fourth-order valence-corrected chi connectivity index (χ4v) is 3.36. The van der Waals surface area contributed by atoms with Crippen molar-refractivity contribution < 1.29 is 9.90 Å². The molecule has 2 rings (SSSR count). The fourth-order valence-electron chi connectivity index (χ4n) is 3.36. The number of nitrogens with zero attached hydrogens (tertiary/aromatic N) is 2. The second kappa shape index (κ2) is 5.83. The standard InChI is InChI=1S/C13H24N2O2/c1-14-8-4-7-12(9-14)15(10-13(16)17)11-5-2-3-6-11/h11-12H,2-10H2,1H3,(H,16,17). The van der Waals surface area contributed by atoms with Crippen molar-refractivity contribution in [1.29, 1.82) is 0 Å². The first kappa shape index (κ1) is 12.8. The summed E-state index contributed by atoms with van der Waals surface area (Å²) in [5, 5.41) is 9.09. The third-order valence-electron chi connectivity index (χ3n) is 4.18. The molecule has 0 radical (unpaired) electrons. The Balaban J connectivity index is 1.99. The number of carboxylic acid groups (broad SMARTS) is 1. The van der Waals surface area contributed by atoms with Crippen molar-refractivity contribution in [1.82, 2.24) is 9.80 Å². The zero-order chi connectivity index (χ0) is 12.3. The first-order valence-electron chi connectivity index (χ1n) is 6.83. The number of likely N-dealkylation sites (tertiary alicyclic amines) is 1. The van der Waals surface area contributed by atoms with E-state index in [-0.39, 0.29) is 6.54 Å². The molecule has 0 aromatic rings. The molecule has 0 aromatic carbocycles. The van der Waals surface area contributed by atoms with Crippen molar-refractivity contribution in [2.45, 2.75) is 50.6 Å². The number of likely N-dealkylation sites (N-methyl/N-ethyl adjacent to an activating group) is 1. The summed E-state index contributed by atoms with van der Waals surface area (Å²) in [7, 11) is 2.14. The van der Waals surface area contributed by atoms with Crippen LogP contribution in [0.5, 0.6) is 0 Å². The monoisotopic (exact) mass is 240 g/mol. The molecule has 1 N–H and O–H groups in total. The van der Waals surface area contributed by atoms with Gasteiger partial charge in [-0.2, -0.15) is 0 Å². The van der Waals surface area contributed by atoms with Gasteiger partial charge in [0.2, 0.25) is 0 Å². The van der Waals surface area contributed by atoms with Crippen LogP contribution in [0, 0.1) is 0 Å². The lowest BCUT2D eigenvalue weighted by Gasteiger charge is -2.40. The van der Waals surface area contributed by atoms with Crippen molar-refractivity contribution >= 4 is 5.97 Å². The Kier molecular flexibility index (Phi) is 4.40. The van der Waals surface area contributed by atoms with Crippen LogP contribution in [0.15, 0.2) is 0 Å². The summed E-state index contributed by atoms with van der Waals surface area (Å²) in [5.41, 5.74) is 0. The van der Waals surface area contributed by atoms with Crippen LogP contribution >= 0.6 is 0 Å². The van der Waals surface area contributed by atoms with Gasteiger partial charge in [0.1, 0.15) is 0 Å². The SMILES string of the molecule is CN1CCCC(N(CC(=O)O)C2CCCC2)C1. The summed E-state index contributed by atoms with van der Waals surface area (Å²) in [6.07, 6.45) is 7.27. The summed E-state index contributed by atoms with van der Waals surface area (Å²) in [6, 6.07) is 0.968. The summed E-state index contributed by atoms with van der Waals surface area (Å²) in [6.45, 7) is 2.41. The normalized spacial score (nSPS) is 27.8. The van der Waals surface area contributed by atoms with E-state index in [9.17, 15) is 4.79 Å². The van der Waals surface area contributed by atoms with Crippen molar-refractivity contribution in [3.05, 3.63) is 0 Å². The third kappa shape index (κ3) is 3.42. The predicted molar refractivity (Wildman–Crippen MR) is 67.1 cm³/mol. The topological polar surface area (TPSA) is 43.8 Å². The second-order valence-corrected chi connectivity index (χ2v) is 5.56. The van der Waals surface area contributed by atoms with Crippen LogP contribution in [-0.4, -0.2) is 59.6 Å². The number of aliphatic carboxylic acids is 1. The molecule has 0 amide bonds. The molecule has 2 aliphatic rings. The summed E-state index contributed by atoms with van der Waals surface area (Å²) in [5.74, 6) is -0.676. The summed E-state index contributed by atoms with van der Waals surface area (Å²) < 4.78 is 0. The number of carboxylic acids is 1. The van der Waals surface area contributed by atoms with E-state index in [0.717, 1.165) is 19.5 Å². The van der Waals surface area contributed by atoms with E-state index in [1.54, 1.807) is 0 Å². The van der Waals surface area contributed by atoms with Crippen molar-refractivity contribution in [2.24, 2.45) is 0 Å². The number of carbonyl (C=O) groups is 1. The largest absolute Gasteiger partial charge is 0.480 e. The number of rotatable bonds is 4. The molecule has 0 aromatic heterocycles. The zero-order valence-electron chi connectivity index (χ0n) is 10.8. The molecule has 17 heavy (non-hydrogen) atoms. The maximum atomic E-state index is 11.0. The maximum absolute atomic E-state index is 11.0. The lowest BCUT2D eigenvalue weighted by molar-refractivity contribution is -0.140. The first-order valence-corrected chi connectivity index (χ1v) is 6.83. The molecular formula is C13H24N2O2. The minimum absolute atomic E-state index is 0.225. The van der Waals surface area contributed by atoms with Gasteiger partial charge in [-0.15, -0.1) is 0 Å². The molecule has 0 bridgehead atoms. The Morgan fingerprint density at radius 1 is 1.24 bits per heavy atom. The molecule has 1 saturated carbocycles. The third-order valence-corrected chi connectivity index (χ3v) is 4.18. The van der Waals surface area contributed by atoms with Gasteiger partial charge in [0.05, 0.1) is 6.54 Å². The molecule has 1 unspecified atom stereocenters. The molecule has 1 aliphatic carbocycles. The van der Waals surface area contributed by atoms with Crippen LogP contribution < -0.4 is 0 Å². The molecule has 1 heterocycles. The Morgan fingerprint density at radius 2 is 1.88 bits per heavy atom.